The number of nitrogens with two attached hydrogens (primary N) is 1. The number of nitrogens with one attached hydrogen (secondary N) is 1. The third-order valence-electron chi connectivity index (χ3n) is 4.08. The van der Waals surface area contributed by atoms with Crippen LogP contribution in [0.2, 0.25) is 0 Å². The first-order valence-corrected chi connectivity index (χ1v) is 8.37. The van der Waals surface area contributed by atoms with Crippen molar-refractivity contribution in [3.63, 3.8) is 0 Å². The van der Waals surface area contributed by atoms with Gasteiger partial charge in [0.15, 0.2) is 5.96 Å². The van der Waals surface area contributed by atoms with Gasteiger partial charge in [0, 0.05) is 24.7 Å². The molecule has 0 unspecified atom stereocenters. The number of ether oxygens (including phenoxy) is 2. The number of hydrogen-bond donors (Lipinski definition) is 3. The first-order valence-electron chi connectivity index (χ1n) is 8.37. The lowest BCUT2D eigenvalue weighted by Crippen LogP contribution is -2.48. The van der Waals surface area contributed by atoms with Crippen molar-refractivity contribution in [2.75, 3.05) is 26.8 Å². The molecular weight excluding hydrogens is 451 g/mol. The molecule has 2 rings (SSSR count). The van der Waals surface area contributed by atoms with Crippen LogP contribution in [0.25, 0.3) is 0 Å². The second kappa shape index (κ2) is 10.9. The number of amides is 1. The third-order valence-corrected chi connectivity index (χ3v) is 4.08. The number of aromatic hydroxyl groups is 1. The quantitative estimate of drug-likeness (QED) is 0.340. The molecule has 0 bridgehead atoms. The number of carbonyl (C=O) groups is 1. The van der Waals surface area contributed by atoms with Crippen molar-refractivity contribution in [3.05, 3.63) is 23.8 Å². The Kier molecular flexibility index (Phi) is 9.31. The van der Waals surface area contributed by atoms with Gasteiger partial charge >= 0.3 is 6.09 Å². The van der Waals surface area contributed by atoms with E-state index in [4.69, 9.17) is 15.2 Å². The number of aliphatic imine (C=N–C) groups is 1. The monoisotopic (exact) mass is 478 g/mol. The van der Waals surface area contributed by atoms with Crippen LogP contribution in [0.15, 0.2) is 23.2 Å². The average Bonchev–Trinajstić information content (AvgIpc) is 2.62. The number of benzene rings is 1. The standard InChI is InChI=1S/C17H26N4O4.HI/c1-3-25-17(23)21-8-6-13(7-9-21)20-16(18)19-11-12-10-14(24-2)4-5-15(12)22;/h4-5,10,13,22H,3,6-9,11H2,1-2H3,(H3,18,19,20);1H. The Morgan fingerprint density at radius 1 is 1.42 bits per heavy atom. The van der Waals surface area contributed by atoms with Gasteiger partial charge in [-0.15, -0.1) is 24.0 Å². The van der Waals surface area contributed by atoms with E-state index in [1.165, 1.54) is 0 Å². The van der Waals surface area contributed by atoms with Gasteiger partial charge in [0.25, 0.3) is 0 Å². The Balaban J connectivity index is 0.00000338. The minimum absolute atomic E-state index is 0. The maximum atomic E-state index is 11.7. The van der Waals surface area contributed by atoms with Gasteiger partial charge in [0.2, 0.25) is 0 Å². The molecule has 0 atom stereocenters. The topological polar surface area (TPSA) is 109 Å². The smallest absolute Gasteiger partial charge is 0.409 e. The predicted octanol–water partition coefficient (Wildman–Crippen LogP) is 2.04. The summed E-state index contributed by atoms with van der Waals surface area (Å²) in [6, 6.07) is 5.14. The number of nitrogens with zero attached hydrogens (tertiary/aromatic N) is 2. The normalized spacial score (nSPS) is 15.2. The molecule has 0 spiro atoms. The highest BCUT2D eigenvalue weighted by Crippen LogP contribution is 2.23. The summed E-state index contributed by atoms with van der Waals surface area (Å²) in [4.78, 5) is 17.6. The van der Waals surface area contributed by atoms with Crippen LogP contribution < -0.4 is 15.8 Å². The van der Waals surface area contributed by atoms with Crippen LogP contribution in [0, 0.1) is 0 Å². The summed E-state index contributed by atoms with van der Waals surface area (Å²) < 4.78 is 10.1. The van der Waals surface area contributed by atoms with E-state index in [0.29, 0.717) is 37.0 Å². The molecule has 8 nitrogen and oxygen atoms in total. The molecule has 9 heteroatoms. The molecule has 1 aliphatic rings. The third kappa shape index (κ3) is 6.43. The number of hydrogen-bond acceptors (Lipinski definition) is 5. The SMILES string of the molecule is CCOC(=O)N1CCC(NC(N)=NCc2cc(OC)ccc2O)CC1.I. The lowest BCUT2D eigenvalue weighted by molar-refractivity contribution is 0.0963. The number of likely N-dealkylation sites (tertiary alicyclic amines) is 1. The van der Waals surface area contributed by atoms with E-state index in [9.17, 15) is 9.90 Å². The number of methoxy groups -OCH3 is 1. The maximum Gasteiger partial charge on any atom is 0.409 e. The molecule has 1 fully saturated rings. The van der Waals surface area contributed by atoms with Crippen LogP contribution in [-0.2, 0) is 11.3 Å². The number of carbonyl (C=O) groups excluding carboxylic acids is 1. The molecule has 4 N–H and O–H groups in total. The Morgan fingerprint density at radius 2 is 2.12 bits per heavy atom. The number of rotatable bonds is 5. The summed E-state index contributed by atoms with van der Waals surface area (Å²) in [5.74, 6) is 1.12. The minimum atomic E-state index is -0.268. The molecule has 26 heavy (non-hydrogen) atoms. The van der Waals surface area contributed by atoms with Crippen molar-refractivity contribution in [2.24, 2.45) is 10.7 Å². The number of guanidine groups is 1. The van der Waals surface area contributed by atoms with Crippen molar-refractivity contribution < 1.29 is 19.4 Å². The van der Waals surface area contributed by atoms with E-state index in [0.717, 1.165) is 12.8 Å². The molecule has 1 saturated heterocycles. The highest BCUT2D eigenvalue weighted by atomic mass is 127. The van der Waals surface area contributed by atoms with Gasteiger partial charge in [-0.25, -0.2) is 9.79 Å². The average molecular weight is 478 g/mol. The van der Waals surface area contributed by atoms with E-state index < -0.39 is 0 Å². The second-order valence-electron chi connectivity index (χ2n) is 5.80. The van der Waals surface area contributed by atoms with E-state index in [1.54, 1.807) is 37.1 Å². The summed E-state index contributed by atoms with van der Waals surface area (Å²) in [7, 11) is 1.57. The van der Waals surface area contributed by atoms with Crippen molar-refractivity contribution >= 4 is 36.0 Å². The van der Waals surface area contributed by atoms with E-state index in [-0.39, 0.29) is 48.4 Å². The fourth-order valence-corrected chi connectivity index (χ4v) is 2.66. The number of halogens is 1. The first-order chi connectivity index (χ1) is 12.0. The summed E-state index contributed by atoms with van der Waals surface area (Å²) >= 11 is 0. The van der Waals surface area contributed by atoms with Gasteiger partial charge in [-0.05, 0) is 38.0 Å². The van der Waals surface area contributed by atoms with Crippen LogP contribution in [-0.4, -0.2) is 54.9 Å². The van der Waals surface area contributed by atoms with Gasteiger partial charge in [-0.1, -0.05) is 0 Å². The second-order valence-corrected chi connectivity index (χ2v) is 5.80. The molecule has 0 aromatic heterocycles. The molecule has 1 aliphatic heterocycles. The van der Waals surface area contributed by atoms with Gasteiger partial charge in [-0.3, -0.25) is 0 Å². The zero-order valence-electron chi connectivity index (χ0n) is 15.1. The van der Waals surface area contributed by atoms with Gasteiger partial charge in [0.05, 0.1) is 20.3 Å². The molecular formula is C17H27IN4O4. The Hall–Kier alpha value is -1.91. The van der Waals surface area contributed by atoms with Crippen molar-refractivity contribution in [3.8, 4) is 11.5 Å². The van der Waals surface area contributed by atoms with Gasteiger partial charge in [-0.2, -0.15) is 0 Å². The summed E-state index contributed by atoms with van der Waals surface area (Å²) in [5, 5.41) is 13.0. The highest BCUT2D eigenvalue weighted by Gasteiger charge is 2.23. The molecule has 1 heterocycles. The molecule has 1 aromatic carbocycles. The largest absolute Gasteiger partial charge is 0.508 e. The van der Waals surface area contributed by atoms with E-state index in [2.05, 4.69) is 10.3 Å². The lowest BCUT2D eigenvalue weighted by atomic mass is 10.1. The minimum Gasteiger partial charge on any atom is -0.508 e. The summed E-state index contributed by atoms with van der Waals surface area (Å²) in [6.07, 6.45) is 1.29. The molecule has 146 valence electrons. The lowest BCUT2D eigenvalue weighted by Gasteiger charge is -2.31. The summed E-state index contributed by atoms with van der Waals surface area (Å²) in [5.41, 5.74) is 6.58. The Labute approximate surface area is 170 Å². The molecule has 0 radical (unpaired) electrons. The fraction of sp³-hybridized carbons (Fsp3) is 0.529. The molecule has 1 amide bonds. The van der Waals surface area contributed by atoms with Crippen LogP contribution in [0.1, 0.15) is 25.3 Å². The van der Waals surface area contributed by atoms with E-state index in [1.807, 2.05) is 0 Å². The van der Waals surface area contributed by atoms with Gasteiger partial charge < -0.3 is 30.5 Å². The van der Waals surface area contributed by atoms with Crippen molar-refractivity contribution in [1.29, 1.82) is 0 Å². The van der Waals surface area contributed by atoms with E-state index >= 15 is 0 Å². The maximum absolute atomic E-state index is 11.7. The van der Waals surface area contributed by atoms with Gasteiger partial charge in [0.1, 0.15) is 11.5 Å². The molecule has 1 aromatic rings. The zero-order valence-corrected chi connectivity index (χ0v) is 17.4. The Bertz CT molecular complexity index is 619. The van der Waals surface area contributed by atoms with Crippen molar-refractivity contribution in [1.82, 2.24) is 10.2 Å². The highest BCUT2D eigenvalue weighted by molar-refractivity contribution is 14.0. The van der Waals surface area contributed by atoms with Crippen LogP contribution in [0.5, 0.6) is 11.5 Å². The Morgan fingerprint density at radius 3 is 2.73 bits per heavy atom. The molecule has 0 aliphatic carbocycles. The number of piperidine rings is 1. The summed E-state index contributed by atoms with van der Waals surface area (Å²) in [6.45, 7) is 3.68. The van der Waals surface area contributed by atoms with Crippen molar-refractivity contribution in [2.45, 2.75) is 32.4 Å². The van der Waals surface area contributed by atoms with Crippen LogP contribution in [0.3, 0.4) is 0 Å². The van der Waals surface area contributed by atoms with Crippen LogP contribution >= 0.6 is 24.0 Å². The first kappa shape index (κ1) is 22.1. The number of phenolic OH excluding ortho intramolecular Hbond substituents is 1. The van der Waals surface area contributed by atoms with Crippen LogP contribution in [0.4, 0.5) is 4.79 Å². The molecule has 0 saturated carbocycles. The zero-order chi connectivity index (χ0) is 18.2. The fourth-order valence-electron chi connectivity index (χ4n) is 2.66. The number of phenols is 1. The predicted molar refractivity (Wildman–Crippen MR) is 110 cm³/mol.